The number of hydrogen-bond donors (Lipinski definition) is 0. The molecule has 0 aliphatic carbocycles. The summed E-state index contributed by atoms with van der Waals surface area (Å²) in [7, 11) is 0. The second-order valence-corrected chi connectivity index (χ2v) is 3.71. The maximum Gasteiger partial charge on any atom is 0.173 e. The summed E-state index contributed by atoms with van der Waals surface area (Å²) in [5, 5.41) is 0. The van der Waals surface area contributed by atoms with Crippen LogP contribution in [0.25, 0.3) is 0 Å². The Labute approximate surface area is 103 Å². The Morgan fingerprint density at radius 2 is 1.67 bits per heavy atom. The van der Waals surface area contributed by atoms with Gasteiger partial charge in [0.05, 0.1) is 5.56 Å². The standard InChI is InChI=1S/C14H10F2O2/c1-9(17)10-5-4-7-12(16)14(10)18-13-8-3-2-6-11(13)15/h2-8H,1H3. The average molecular weight is 248 g/mol. The quantitative estimate of drug-likeness (QED) is 0.768. The summed E-state index contributed by atoms with van der Waals surface area (Å²) in [5.41, 5.74) is 0.0817. The molecule has 18 heavy (non-hydrogen) atoms. The van der Waals surface area contributed by atoms with Crippen molar-refractivity contribution in [3.05, 3.63) is 59.7 Å². The highest BCUT2D eigenvalue weighted by Gasteiger charge is 2.15. The van der Waals surface area contributed by atoms with Gasteiger partial charge in [-0.3, -0.25) is 4.79 Å². The van der Waals surface area contributed by atoms with Gasteiger partial charge >= 0.3 is 0 Å². The number of carbonyl (C=O) groups excluding carboxylic acids is 1. The normalized spacial score (nSPS) is 10.2. The summed E-state index contributed by atoms with van der Waals surface area (Å²) in [4.78, 5) is 11.4. The number of hydrogen-bond acceptors (Lipinski definition) is 2. The van der Waals surface area contributed by atoms with E-state index >= 15 is 0 Å². The van der Waals surface area contributed by atoms with Crippen LogP contribution in [0.1, 0.15) is 17.3 Å². The van der Waals surface area contributed by atoms with Crippen LogP contribution in [0.2, 0.25) is 0 Å². The summed E-state index contributed by atoms with van der Waals surface area (Å²) in [6.07, 6.45) is 0. The Morgan fingerprint density at radius 1 is 1.00 bits per heavy atom. The fourth-order valence-electron chi connectivity index (χ4n) is 1.53. The van der Waals surface area contributed by atoms with Crippen LogP contribution < -0.4 is 4.74 Å². The van der Waals surface area contributed by atoms with Crippen molar-refractivity contribution in [2.75, 3.05) is 0 Å². The Bertz CT molecular complexity index is 594. The number of ketones is 1. The van der Waals surface area contributed by atoms with E-state index in [1.807, 2.05) is 0 Å². The molecule has 2 aromatic carbocycles. The second kappa shape index (κ2) is 4.96. The molecule has 0 spiro atoms. The fourth-order valence-corrected chi connectivity index (χ4v) is 1.53. The van der Waals surface area contributed by atoms with E-state index in [9.17, 15) is 13.6 Å². The lowest BCUT2D eigenvalue weighted by molar-refractivity contribution is 0.101. The van der Waals surface area contributed by atoms with Gasteiger partial charge in [-0.25, -0.2) is 8.78 Å². The third-order valence-electron chi connectivity index (χ3n) is 2.39. The van der Waals surface area contributed by atoms with Crippen molar-refractivity contribution in [3.63, 3.8) is 0 Å². The van der Waals surface area contributed by atoms with Crippen LogP contribution in [0.5, 0.6) is 11.5 Å². The van der Waals surface area contributed by atoms with Crippen LogP contribution in [0, 0.1) is 11.6 Å². The molecule has 0 heterocycles. The SMILES string of the molecule is CC(=O)c1cccc(F)c1Oc1ccccc1F. The van der Waals surface area contributed by atoms with Crippen LogP contribution in [0.3, 0.4) is 0 Å². The maximum absolute atomic E-state index is 13.6. The Kier molecular flexibility index (Phi) is 3.37. The largest absolute Gasteiger partial charge is 0.450 e. The first-order chi connectivity index (χ1) is 8.59. The number of carbonyl (C=O) groups is 1. The first kappa shape index (κ1) is 12.2. The topological polar surface area (TPSA) is 26.3 Å². The zero-order chi connectivity index (χ0) is 13.1. The molecule has 0 saturated carbocycles. The van der Waals surface area contributed by atoms with Gasteiger partial charge in [-0.1, -0.05) is 18.2 Å². The molecule has 0 aliphatic heterocycles. The predicted octanol–water partition coefficient (Wildman–Crippen LogP) is 3.96. The molecule has 0 amide bonds. The van der Waals surface area contributed by atoms with Gasteiger partial charge in [0.2, 0.25) is 0 Å². The molecule has 0 unspecified atom stereocenters. The molecule has 0 N–H and O–H groups in total. The zero-order valence-corrected chi connectivity index (χ0v) is 9.61. The van der Waals surface area contributed by atoms with Gasteiger partial charge < -0.3 is 4.74 Å². The van der Waals surface area contributed by atoms with Crippen LogP contribution >= 0.6 is 0 Å². The summed E-state index contributed by atoms with van der Waals surface area (Å²) in [6, 6.07) is 9.61. The van der Waals surface area contributed by atoms with E-state index in [1.165, 1.54) is 37.3 Å². The van der Waals surface area contributed by atoms with E-state index in [2.05, 4.69) is 0 Å². The molecule has 92 valence electrons. The monoisotopic (exact) mass is 248 g/mol. The molecule has 4 heteroatoms. The van der Waals surface area contributed by atoms with Gasteiger partial charge in [0.15, 0.2) is 28.9 Å². The van der Waals surface area contributed by atoms with Crippen molar-refractivity contribution in [1.82, 2.24) is 0 Å². The van der Waals surface area contributed by atoms with Crippen molar-refractivity contribution in [3.8, 4) is 11.5 Å². The average Bonchev–Trinajstić information content (AvgIpc) is 2.34. The van der Waals surface area contributed by atoms with Gasteiger partial charge in [0.1, 0.15) is 0 Å². The fraction of sp³-hybridized carbons (Fsp3) is 0.0714. The van der Waals surface area contributed by atoms with Crippen molar-refractivity contribution in [1.29, 1.82) is 0 Å². The molecule has 2 aromatic rings. The lowest BCUT2D eigenvalue weighted by atomic mass is 10.1. The van der Waals surface area contributed by atoms with Gasteiger partial charge in [-0.15, -0.1) is 0 Å². The third-order valence-corrected chi connectivity index (χ3v) is 2.39. The Balaban J connectivity index is 2.46. The van der Waals surface area contributed by atoms with E-state index in [4.69, 9.17) is 4.74 Å². The number of halogens is 2. The molecule has 0 atom stereocenters. The molecular formula is C14H10F2O2. The highest BCUT2D eigenvalue weighted by Crippen LogP contribution is 2.30. The summed E-state index contributed by atoms with van der Waals surface area (Å²) >= 11 is 0. The Hall–Kier alpha value is -2.23. The van der Waals surface area contributed by atoms with Crippen LogP contribution in [-0.2, 0) is 0 Å². The van der Waals surface area contributed by atoms with E-state index in [0.29, 0.717) is 0 Å². The number of Topliss-reactive ketones (excluding diaryl/α,β-unsaturated/α-hetero) is 1. The van der Waals surface area contributed by atoms with Crippen LogP contribution in [0.15, 0.2) is 42.5 Å². The highest BCUT2D eigenvalue weighted by atomic mass is 19.1. The smallest absolute Gasteiger partial charge is 0.173 e. The second-order valence-electron chi connectivity index (χ2n) is 3.71. The molecule has 0 aromatic heterocycles. The minimum Gasteiger partial charge on any atom is -0.450 e. The lowest BCUT2D eigenvalue weighted by Crippen LogP contribution is -2.00. The van der Waals surface area contributed by atoms with E-state index in [1.54, 1.807) is 6.07 Å². The van der Waals surface area contributed by atoms with Gasteiger partial charge in [0, 0.05) is 0 Å². The third kappa shape index (κ3) is 2.37. The summed E-state index contributed by atoms with van der Waals surface area (Å²) in [6.45, 7) is 1.29. The molecule has 0 fully saturated rings. The molecule has 0 aliphatic rings. The lowest BCUT2D eigenvalue weighted by Gasteiger charge is -2.10. The first-order valence-corrected chi connectivity index (χ1v) is 5.31. The molecule has 2 nitrogen and oxygen atoms in total. The predicted molar refractivity (Wildman–Crippen MR) is 62.9 cm³/mol. The summed E-state index contributed by atoms with van der Waals surface area (Å²) < 4.78 is 32.2. The molecule has 2 rings (SSSR count). The molecule has 0 bridgehead atoms. The number of ether oxygens (including phenoxy) is 1. The van der Waals surface area contributed by atoms with E-state index < -0.39 is 11.6 Å². The maximum atomic E-state index is 13.6. The first-order valence-electron chi connectivity index (χ1n) is 5.31. The molecular weight excluding hydrogens is 238 g/mol. The van der Waals surface area contributed by atoms with Gasteiger partial charge in [0.25, 0.3) is 0 Å². The van der Waals surface area contributed by atoms with Crippen LogP contribution in [-0.4, -0.2) is 5.78 Å². The van der Waals surface area contributed by atoms with Crippen LogP contribution in [0.4, 0.5) is 8.78 Å². The number of benzene rings is 2. The van der Waals surface area contributed by atoms with Crippen molar-refractivity contribution in [2.45, 2.75) is 6.92 Å². The van der Waals surface area contributed by atoms with Gasteiger partial charge in [-0.05, 0) is 31.2 Å². The number of para-hydroxylation sites is 2. The molecule has 0 radical (unpaired) electrons. The van der Waals surface area contributed by atoms with E-state index in [-0.39, 0.29) is 22.8 Å². The van der Waals surface area contributed by atoms with Crippen molar-refractivity contribution in [2.24, 2.45) is 0 Å². The number of rotatable bonds is 3. The van der Waals surface area contributed by atoms with Gasteiger partial charge in [-0.2, -0.15) is 0 Å². The van der Waals surface area contributed by atoms with Crippen molar-refractivity contribution < 1.29 is 18.3 Å². The highest BCUT2D eigenvalue weighted by molar-refractivity contribution is 5.96. The van der Waals surface area contributed by atoms with E-state index in [0.717, 1.165) is 6.07 Å². The summed E-state index contributed by atoms with van der Waals surface area (Å²) in [5.74, 6) is -2.04. The Morgan fingerprint density at radius 3 is 2.33 bits per heavy atom. The zero-order valence-electron chi connectivity index (χ0n) is 9.61. The minimum atomic E-state index is -0.703. The molecule has 0 saturated heterocycles. The minimum absolute atomic E-state index is 0.0817. The van der Waals surface area contributed by atoms with Crippen molar-refractivity contribution >= 4 is 5.78 Å².